The zero-order chi connectivity index (χ0) is 59.1. The van der Waals surface area contributed by atoms with Gasteiger partial charge in [-0.25, -0.2) is 0 Å². The molecule has 416 valence electrons. The summed E-state index contributed by atoms with van der Waals surface area (Å²) in [6.45, 7) is 38.4. The Labute approximate surface area is 499 Å². The summed E-state index contributed by atoms with van der Waals surface area (Å²) >= 11 is 0. The first-order valence-electron chi connectivity index (χ1n) is 29.8. The Hall–Kier alpha value is -9.52. The van der Waals surface area contributed by atoms with Crippen LogP contribution in [0.3, 0.4) is 0 Å². The lowest BCUT2D eigenvalue weighted by Gasteiger charge is -2.46. The molecule has 0 unspecified atom stereocenters. The molecule has 6 heteroatoms. The topological polar surface area (TPSA) is 37.7 Å². The van der Waals surface area contributed by atoms with Crippen molar-refractivity contribution in [1.29, 1.82) is 0 Å². The summed E-state index contributed by atoms with van der Waals surface area (Å²) in [4.78, 5) is 5.17. The lowest BCUT2D eigenvalue weighted by Crippen LogP contribution is -2.61. The van der Waals surface area contributed by atoms with Gasteiger partial charge in [0.25, 0.3) is 6.71 Å². The first kappa shape index (κ1) is 53.5. The molecule has 0 aliphatic carbocycles. The number of para-hydroxylation sites is 4. The molecule has 5 heterocycles. The molecule has 2 aliphatic heterocycles. The number of hydrogen-bond acceptors (Lipinski definition) is 4. The number of rotatable bonds is 8. The van der Waals surface area contributed by atoms with Crippen LogP contribution in [-0.2, 0) is 10.8 Å². The standard InChI is InChI=1S/C79H70BN3O2/c1-15-24-59-62-44-64-68(45-67(62)82(65(59)17-3)74-46(4)25-22-26-47(74)5)83(75-48(6)39-52(40-49(75)7)56(16-2)76-50(8)57-27-18-20-31-71(57)84-76)70-43-54(79(12,13)14)42-69-73(70)80(64)63-41-53(78(9,10)11)35-38-66(63)81(69)55-36-33-51(34-37-55)58-29-23-30-61-60-28-19-21-32-72(60)85-77(58)61/h15-45H,2-3,8H2,1,4-7,9-14H3/b24-15-,76-56-. The summed E-state index contributed by atoms with van der Waals surface area (Å²) in [5.74, 6) is 0. The van der Waals surface area contributed by atoms with E-state index in [1.54, 1.807) is 0 Å². The maximum atomic E-state index is 6.62. The third kappa shape index (κ3) is 8.20. The van der Waals surface area contributed by atoms with Crippen LogP contribution in [-0.4, -0.2) is 11.3 Å². The second kappa shape index (κ2) is 19.5. The van der Waals surface area contributed by atoms with Crippen LogP contribution in [0.25, 0.3) is 84.9 Å². The van der Waals surface area contributed by atoms with Crippen molar-refractivity contribution in [3.05, 3.63) is 250 Å². The second-order valence-corrected chi connectivity index (χ2v) is 25.6. The number of aryl methyl sites for hydroxylation is 4. The van der Waals surface area contributed by atoms with Gasteiger partial charge in [-0.1, -0.05) is 183 Å². The van der Waals surface area contributed by atoms with Crippen LogP contribution in [0.4, 0.5) is 34.1 Å². The van der Waals surface area contributed by atoms with Crippen LogP contribution >= 0.6 is 0 Å². The van der Waals surface area contributed by atoms with Gasteiger partial charge in [0.2, 0.25) is 0 Å². The Kier molecular flexibility index (Phi) is 12.3. The Morgan fingerprint density at radius 1 is 0.541 bits per heavy atom. The average molecular weight is 1100 g/mol. The highest BCUT2D eigenvalue weighted by atomic mass is 16.3. The van der Waals surface area contributed by atoms with Gasteiger partial charge in [0.1, 0.15) is 22.2 Å². The molecule has 0 amide bonds. The van der Waals surface area contributed by atoms with Crippen LogP contribution in [0.1, 0.15) is 98.7 Å². The van der Waals surface area contributed by atoms with E-state index in [1.165, 1.54) is 61.1 Å². The molecular formula is C79H70BN3O2. The number of hydrogen-bond donors (Lipinski definition) is 0. The molecule has 3 aromatic heterocycles. The average Bonchev–Trinajstić information content (AvgIpc) is 1.27. The van der Waals surface area contributed by atoms with Crippen molar-refractivity contribution in [2.24, 2.45) is 0 Å². The summed E-state index contributed by atoms with van der Waals surface area (Å²) in [7, 11) is 0. The van der Waals surface area contributed by atoms with E-state index >= 15 is 0 Å². The first-order chi connectivity index (χ1) is 40.9. The van der Waals surface area contributed by atoms with Crippen molar-refractivity contribution < 1.29 is 8.83 Å². The number of benzene rings is 9. The minimum absolute atomic E-state index is 0.124. The van der Waals surface area contributed by atoms with Crippen LogP contribution in [0.15, 0.2) is 198 Å². The highest BCUT2D eigenvalue weighted by Gasteiger charge is 2.46. The number of fused-ring (bicyclic) bond motifs is 9. The van der Waals surface area contributed by atoms with E-state index in [-0.39, 0.29) is 17.5 Å². The Balaban J connectivity index is 1.09. The number of nitrogens with zero attached hydrogens (tertiary/aromatic N) is 3. The monoisotopic (exact) mass is 1100 g/mol. The molecule has 14 rings (SSSR count). The van der Waals surface area contributed by atoms with Gasteiger partial charge in [-0.2, -0.15) is 0 Å². The van der Waals surface area contributed by atoms with Gasteiger partial charge in [-0.05, 0) is 173 Å². The first-order valence-corrected chi connectivity index (χ1v) is 29.8. The van der Waals surface area contributed by atoms with Crippen molar-refractivity contribution in [2.45, 2.75) is 87.0 Å². The molecule has 0 saturated carbocycles. The number of aromatic nitrogens is 1. The molecule has 0 N–H and O–H groups in total. The summed E-state index contributed by atoms with van der Waals surface area (Å²) in [6, 6.07) is 60.7. The third-order valence-electron chi connectivity index (χ3n) is 18.2. The van der Waals surface area contributed by atoms with E-state index < -0.39 is 0 Å². The molecule has 0 fully saturated rings. The molecule has 2 aliphatic rings. The SMILES string of the molecule is C=C/C(c1cc(C)c(N2c3cc4c(cc3B3c5cc(C(C)(C)C)ccc5N(c5ccc(-c6cccc7c6oc6ccccc67)cc5)c5cc(C(C)(C)C)cc2c53)c(/C=C\C)c(C=C)n4-c2c(C)cccc2C)c(C)c1)=c1/oc2ccccc2c1=C. The van der Waals surface area contributed by atoms with Crippen molar-refractivity contribution in [2.75, 3.05) is 9.80 Å². The predicted molar refractivity (Wildman–Crippen MR) is 365 cm³/mol. The quantitative estimate of drug-likeness (QED) is 0.142. The summed E-state index contributed by atoms with van der Waals surface area (Å²) < 4.78 is 15.7. The van der Waals surface area contributed by atoms with Crippen molar-refractivity contribution >= 4 is 125 Å². The Morgan fingerprint density at radius 2 is 1.16 bits per heavy atom. The van der Waals surface area contributed by atoms with Crippen LogP contribution in [0.5, 0.6) is 0 Å². The molecule has 0 bridgehead atoms. The summed E-state index contributed by atoms with van der Waals surface area (Å²) in [5, 5.41) is 5.28. The van der Waals surface area contributed by atoms with Crippen LogP contribution in [0.2, 0.25) is 0 Å². The van der Waals surface area contributed by atoms with E-state index in [1.807, 2.05) is 36.4 Å². The van der Waals surface area contributed by atoms with Crippen molar-refractivity contribution in [1.82, 2.24) is 4.57 Å². The third-order valence-corrected chi connectivity index (χ3v) is 18.2. The molecule has 0 saturated heterocycles. The van der Waals surface area contributed by atoms with E-state index in [0.29, 0.717) is 0 Å². The normalized spacial score (nSPS) is 13.6. The van der Waals surface area contributed by atoms with Crippen LogP contribution in [0, 0.1) is 27.7 Å². The fraction of sp³-hybridized carbons (Fsp3) is 0.165. The zero-order valence-corrected chi connectivity index (χ0v) is 50.8. The molecule has 12 aromatic rings. The zero-order valence-electron chi connectivity index (χ0n) is 50.8. The van der Waals surface area contributed by atoms with E-state index in [2.05, 4.69) is 262 Å². The highest BCUT2D eigenvalue weighted by molar-refractivity contribution is 7.00. The van der Waals surface area contributed by atoms with Gasteiger partial charge in [-0.15, -0.1) is 0 Å². The molecule has 0 radical (unpaired) electrons. The van der Waals surface area contributed by atoms with E-state index in [9.17, 15) is 0 Å². The molecular weight excluding hydrogens is 1030 g/mol. The molecule has 85 heavy (non-hydrogen) atoms. The molecule has 0 atom stereocenters. The van der Waals surface area contributed by atoms with Crippen molar-refractivity contribution in [3.63, 3.8) is 0 Å². The molecule has 9 aromatic carbocycles. The van der Waals surface area contributed by atoms with Gasteiger partial charge in [0.15, 0.2) is 0 Å². The van der Waals surface area contributed by atoms with Gasteiger partial charge in [0.05, 0.1) is 22.6 Å². The Bertz CT molecular complexity index is 4940. The lowest BCUT2D eigenvalue weighted by molar-refractivity contribution is 0.573. The van der Waals surface area contributed by atoms with Gasteiger partial charge in [0, 0.05) is 71.9 Å². The second-order valence-electron chi connectivity index (χ2n) is 25.6. The molecule has 5 nitrogen and oxygen atoms in total. The maximum absolute atomic E-state index is 6.62. The molecule has 0 spiro atoms. The van der Waals surface area contributed by atoms with Gasteiger partial charge >= 0.3 is 0 Å². The smallest absolute Gasteiger partial charge is 0.252 e. The highest BCUT2D eigenvalue weighted by Crippen LogP contribution is 2.50. The van der Waals surface area contributed by atoms with Gasteiger partial charge < -0.3 is 23.2 Å². The summed E-state index contributed by atoms with van der Waals surface area (Å²) in [6.07, 6.45) is 8.41. The lowest BCUT2D eigenvalue weighted by atomic mass is 9.33. The summed E-state index contributed by atoms with van der Waals surface area (Å²) in [5.41, 5.74) is 29.4. The number of allylic oxidation sites excluding steroid dienone is 2. The number of anilines is 6. The predicted octanol–water partition coefficient (Wildman–Crippen LogP) is 18.3. The largest absolute Gasteiger partial charge is 0.455 e. The minimum atomic E-state index is -0.231. The van der Waals surface area contributed by atoms with E-state index in [4.69, 9.17) is 8.83 Å². The maximum Gasteiger partial charge on any atom is 0.252 e. The minimum Gasteiger partial charge on any atom is -0.455 e. The van der Waals surface area contributed by atoms with Crippen LogP contribution < -0.4 is 36.8 Å². The Morgan fingerprint density at radius 3 is 1.81 bits per heavy atom. The fourth-order valence-corrected chi connectivity index (χ4v) is 14.1. The van der Waals surface area contributed by atoms with Crippen molar-refractivity contribution in [3.8, 4) is 16.8 Å². The number of furan rings is 2. The van der Waals surface area contributed by atoms with Gasteiger partial charge in [-0.3, -0.25) is 0 Å². The fourth-order valence-electron chi connectivity index (χ4n) is 14.1. The van der Waals surface area contributed by atoms with E-state index in [0.717, 1.165) is 116 Å².